The Bertz CT molecular complexity index is 1000. The number of hydrogen-bond acceptors (Lipinski definition) is 4. The number of carbonyl (C=O) groups excluding carboxylic acids is 1. The molecule has 2 atom stereocenters. The third kappa shape index (κ3) is 3.18. The number of carbonyl (C=O) groups is 1. The zero-order valence-corrected chi connectivity index (χ0v) is 16.8. The molecule has 2 unspecified atom stereocenters. The number of benzene rings is 1. The fourth-order valence-electron chi connectivity index (χ4n) is 4.11. The molecular formula is C22H26N4O2. The molecule has 2 aromatic heterocycles. The molecule has 146 valence electrons. The molecule has 1 aromatic carbocycles. The first kappa shape index (κ1) is 18.6. The summed E-state index contributed by atoms with van der Waals surface area (Å²) in [6.07, 6.45) is 2.48. The van der Waals surface area contributed by atoms with Gasteiger partial charge in [0, 0.05) is 24.8 Å². The summed E-state index contributed by atoms with van der Waals surface area (Å²) in [5, 5.41) is 4.74. The van der Waals surface area contributed by atoms with Crippen molar-refractivity contribution in [2.45, 2.75) is 46.3 Å². The van der Waals surface area contributed by atoms with Gasteiger partial charge in [-0.3, -0.25) is 4.79 Å². The Kier molecular flexibility index (Phi) is 4.89. The topological polar surface area (TPSA) is 59.7 Å². The Balaban J connectivity index is 1.80. The van der Waals surface area contributed by atoms with Gasteiger partial charge in [0.2, 0.25) is 0 Å². The first-order chi connectivity index (χ1) is 13.5. The SMILES string of the molecule is CCc1c(C(=O)N2CC(C)OC(C)C2)cnc2c(-c3ccccc3)c(C)nn12. The van der Waals surface area contributed by atoms with Crippen molar-refractivity contribution < 1.29 is 9.53 Å². The first-order valence-corrected chi connectivity index (χ1v) is 9.87. The van der Waals surface area contributed by atoms with E-state index in [-0.39, 0.29) is 18.1 Å². The van der Waals surface area contributed by atoms with Crippen LogP contribution in [-0.4, -0.2) is 50.7 Å². The summed E-state index contributed by atoms with van der Waals surface area (Å²) < 4.78 is 7.62. The molecule has 0 N–H and O–H groups in total. The van der Waals surface area contributed by atoms with E-state index in [1.807, 2.05) is 48.4 Å². The zero-order chi connectivity index (χ0) is 19.8. The molecule has 0 aliphatic carbocycles. The molecule has 0 spiro atoms. The standard InChI is InChI=1S/C22H26N4O2/c1-5-19-18(22(27)25-12-14(2)28-15(3)13-25)11-23-21-20(16(4)24-26(19)21)17-9-7-6-8-10-17/h6-11,14-15H,5,12-13H2,1-4H3. The second-order valence-corrected chi connectivity index (χ2v) is 7.50. The monoisotopic (exact) mass is 378 g/mol. The van der Waals surface area contributed by atoms with Crippen LogP contribution in [-0.2, 0) is 11.2 Å². The Labute approximate surface area is 165 Å². The Morgan fingerprint density at radius 1 is 1.18 bits per heavy atom. The number of rotatable bonds is 3. The Morgan fingerprint density at radius 3 is 2.50 bits per heavy atom. The molecule has 1 aliphatic heterocycles. The highest BCUT2D eigenvalue weighted by Gasteiger charge is 2.29. The molecule has 1 aliphatic rings. The Morgan fingerprint density at radius 2 is 1.86 bits per heavy atom. The maximum Gasteiger partial charge on any atom is 0.257 e. The minimum absolute atomic E-state index is 0.00247. The third-order valence-corrected chi connectivity index (χ3v) is 5.25. The molecule has 6 heteroatoms. The van der Waals surface area contributed by atoms with Gasteiger partial charge in [0.25, 0.3) is 5.91 Å². The highest BCUT2D eigenvalue weighted by Crippen LogP contribution is 2.28. The maximum atomic E-state index is 13.3. The Hall–Kier alpha value is -2.73. The fourth-order valence-corrected chi connectivity index (χ4v) is 4.11. The smallest absolute Gasteiger partial charge is 0.257 e. The van der Waals surface area contributed by atoms with E-state index < -0.39 is 0 Å². The van der Waals surface area contributed by atoms with E-state index in [4.69, 9.17) is 9.84 Å². The van der Waals surface area contributed by atoms with Crippen molar-refractivity contribution in [2.75, 3.05) is 13.1 Å². The van der Waals surface area contributed by atoms with Crippen molar-refractivity contribution in [1.82, 2.24) is 19.5 Å². The van der Waals surface area contributed by atoms with Crippen LogP contribution >= 0.6 is 0 Å². The number of aryl methyl sites for hydroxylation is 2. The van der Waals surface area contributed by atoms with E-state index in [9.17, 15) is 4.79 Å². The van der Waals surface area contributed by atoms with Crippen LogP contribution in [0.1, 0.15) is 42.5 Å². The number of fused-ring (bicyclic) bond motifs is 1. The van der Waals surface area contributed by atoms with Crippen LogP contribution in [0.15, 0.2) is 36.5 Å². The lowest BCUT2D eigenvalue weighted by atomic mass is 10.1. The largest absolute Gasteiger partial charge is 0.372 e. The van der Waals surface area contributed by atoms with Crippen molar-refractivity contribution >= 4 is 11.6 Å². The molecule has 3 aromatic rings. The van der Waals surface area contributed by atoms with E-state index in [0.29, 0.717) is 25.1 Å². The van der Waals surface area contributed by atoms with Gasteiger partial charge in [0.05, 0.1) is 29.2 Å². The zero-order valence-electron chi connectivity index (χ0n) is 16.8. The van der Waals surface area contributed by atoms with Crippen LogP contribution in [0.25, 0.3) is 16.8 Å². The minimum Gasteiger partial charge on any atom is -0.372 e. The van der Waals surface area contributed by atoms with Crippen LogP contribution < -0.4 is 0 Å². The van der Waals surface area contributed by atoms with E-state index in [0.717, 1.165) is 28.2 Å². The number of hydrogen-bond donors (Lipinski definition) is 0. The highest BCUT2D eigenvalue weighted by atomic mass is 16.5. The molecule has 6 nitrogen and oxygen atoms in total. The summed E-state index contributed by atoms with van der Waals surface area (Å²) in [5.74, 6) is 0.00247. The highest BCUT2D eigenvalue weighted by molar-refractivity contribution is 5.96. The van der Waals surface area contributed by atoms with Crippen LogP contribution in [0, 0.1) is 6.92 Å². The maximum absolute atomic E-state index is 13.3. The molecule has 1 saturated heterocycles. The molecule has 0 saturated carbocycles. The van der Waals surface area contributed by atoms with E-state index in [1.165, 1.54) is 0 Å². The molecule has 28 heavy (non-hydrogen) atoms. The van der Waals surface area contributed by atoms with E-state index >= 15 is 0 Å². The molecule has 1 amide bonds. The van der Waals surface area contributed by atoms with Gasteiger partial charge in [0.1, 0.15) is 0 Å². The number of ether oxygens (including phenoxy) is 1. The average Bonchev–Trinajstić information content (AvgIpc) is 3.02. The number of nitrogens with zero attached hydrogens (tertiary/aromatic N) is 4. The van der Waals surface area contributed by atoms with Gasteiger partial charge < -0.3 is 9.64 Å². The average molecular weight is 378 g/mol. The van der Waals surface area contributed by atoms with Gasteiger partial charge in [0.15, 0.2) is 5.65 Å². The fraction of sp³-hybridized carbons (Fsp3) is 0.409. The van der Waals surface area contributed by atoms with Gasteiger partial charge in [-0.1, -0.05) is 37.3 Å². The quantitative estimate of drug-likeness (QED) is 0.700. The van der Waals surface area contributed by atoms with Gasteiger partial charge in [-0.2, -0.15) is 5.10 Å². The van der Waals surface area contributed by atoms with Gasteiger partial charge in [-0.15, -0.1) is 0 Å². The molecule has 0 bridgehead atoms. The molecule has 1 fully saturated rings. The van der Waals surface area contributed by atoms with Crippen molar-refractivity contribution in [3.05, 3.63) is 53.5 Å². The summed E-state index contributed by atoms with van der Waals surface area (Å²) in [7, 11) is 0. The van der Waals surface area contributed by atoms with E-state index in [1.54, 1.807) is 6.20 Å². The lowest BCUT2D eigenvalue weighted by Crippen LogP contribution is -2.48. The summed E-state index contributed by atoms with van der Waals surface area (Å²) in [4.78, 5) is 19.8. The number of amides is 1. The predicted octanol–water partition coefficient (Wildman–Crippen LogP) is 3.52. The molecular weight excluding hydrogens is 352 g/mol. The summed E-state index contributed by atoms with van der Waals surface area (Å²) in [6.45, 7) is 9.23. The second kappa shape index (κ2) is 7.36. The van der Waals surface area contributed by atoms with Crippen LogP contribution in [0.3, 0.4) is 0 Å². The molecule has 4 rings (SSSR count). The van der Waals surface area contributed by atoms with Crippen molar-refractivity contribution in [1.29, 1.82) is 0 Å². The van der Waals surface area contributed by atoms with Gasteiger partial charge >= 0.3 is 0 Å². The first-order valence-electron chi connectivity index (χ1n) is 9.87. The lowest BCUT2D eigenvalue weighted by Gasteiger charge is -2.35. The predicted molar refractivity (Wildman–Crippen MR) is 108 cm³/mol. The van der Waals surface area contributed by atoms with E-state index in [2.05, 4.69) is 24.0 Å². The molecule has 3 heterocycles. The van der Waals surface area contributed by atoms with Crippen molar-refractivity contribution in [3.63, 3.8) is 0 Å². The van der Waals surface area contributed by atoms with Crippen LogP contribution in [0.4, 0.5) is 0 Å². The second-order valence-electron chi connectivity index (χ2n) is 7.50. The van der Waals surface area contributed by atoms with Gasteiger partial charge in [-0.25, -0.2) is 9.50 Å². The third-order valence-electron chi connectivity index (χ3n) is 5.25. The van der Waals surface area contributed by atoms with Crippen LogP contribution in [0.5, 0.6) is 0 Å². The lowest BCUT2D eigenvalue weighted by molar-refractivity contribution is -0.0586. The van der Waals surface area contributed by atoms with Crippen molar-refractivity contribution in [3.8, 4) is 11.1 Å². The van der Waals surface area contributed by atoms with Gasteiger partial charge in [-0.05, 0) is 32.8 Å². The van der Waals surface area contributed by atoms with Crippen LogP contribution in [0.2, 0.25) is 0 Å². The van der Waals surface area contributed by atoms with Crippen molar-refractivity contribution in [2.24, 2.45) is 0 Å². The number of aromatic nitrogens is 3. The normalized spacial score (nSPS) is 19.9. The minimum atomic E-state index is 0.00247. The summed E-state index contributed by atoms with van der Waals surface area (Å²) in [6, 6.07) is 10.1. The molecule has 0 radical (unpaired) electrons. The summed E-state index contributed by atoms with van der Waals surface area (Å²) >= 11 is 0. The number of morpholine rings is 1. The summed E-state index contributed by atoms with van der Waals surface area (Å²) in [5.41, 5.74) is 5.32.